The van der Waals surface area contributed by atoms with Crippen molar-refractivity contribution < 1.29 is 14.7 Å². The van der Waals surface area contributed by atoms with Crippen molar-refractivity contribution in [3.05, 3.63) is 29.8 Å². The van der Waals surface area contributed by atoms with Gasteiger partial charge in [0.2, 0.25) is 0 Å². The summed E-state index contributed by atoms with van der Waals surface area (Å²) in [5, 5.41) is 12.1. The van der Waals surface area contributed by atoms with Crippen molar-refractivity contribution in [1.82, 2.24) is 4.90 Å². The van der Waals surface area contributed by atoms with Gasteiger partial charge in [-0.1, -0.05) is 24.6 Å². The molecule has 1 atom stereocenters. The van der Waals surface area contributed by atoms with Crippen LogP contribution in [0.2, 0.25) is 0 Å². The molecule has 1 aliphatic heterocycles. The van der Waals surface area contributed by atoms with Gasteiger partial charge in [0.05, 0.1) is 5.41 Å². The molecule has 2 N–H and O–H groups in total. The Labute approximate surface area is 118 Å². The molecule has 1 aromatic carbocycles. The first-order valence-electron chi connectivity index (χ1n) is 6.83. The summed E-state index contributed by atoms with van der Waals surface area (Å²) in [5.41, 5.74) is 1.06. The molecule has 0 aromatic heterocycles. The number of amides is 2. The van der Waals surface area contributed by atoms with Crippen molar-refractivity contribution in [1.29, 1.82) is 0 Å². The summed E-state index contributed by atoms with van der Waals surface area (Å²) in [6.07, 6.45) is 1.05. The van der Waals surface area contributed by atoms with E-state index in [1.807, 2.05) is 38.1 Å². The molecule has 1 unspecified atom stereocenters. The van der Waals surface area contributed by atoms with Gasteiger partial charge in [-0.05, 0) is 31.9 Å². The lowest BCUT2D eigenvalue weighted by Crippen LogP contribution is -2.38. The average molecular weight is 276 g/mol. The summed E-state index contributed by atoms with van der Waals surface area (Å²) in [5.74, 6) is -0.814. The lowest BCUT2D eigenvalue weighted by atomic mass is 9.84. The lowest BCUT2D eigenvalue weighted by Gasteiger charge is -2.23. The Morgan fingerprint density at radius 2 is 2.00 bits per heavy atom. The third-order valence-corrected chi connectivity index (χ3v) is 4.07. The first kappa shape index (κ1) is 14.4. The van der Waals surface area contributed by atoms with Crippen molar-refractivity contribution in [2.75, 3.05) is 18.4 Å². The molecule has 108 valence electrons. The van der Waals surface area contributed by atoms with Gasteiger partial charge in [-0.2, -0.15) is 0 Å². The predicted octanol–water partition coefficient (Wildman–Crippen LogP) is 2.71. The Morgan fingerprint density at radius 1 is 1.35 bits per heavy atom. The van der Waals surface area contributed by atoms with Crippen LogP contribution in [0.4, 0.5) is 10.5 Å². The normalized spacial score (nSPS) is 21.8. The molecule has 1 heterocycles. The third kappa shape index (κ3) is 2.76. The van der Waals surface area contributed by atoms with Gasteiger partial charge in [-0.25, -0.2) is 4.79 Å². The maximum absolute atomic E-state index is 12.1. The zero-order valence-corrected chi connectivity index (χ0v) is 11.8. The van der Waals surface area contributed by atoms with E-state index < -0.39 is 11.4 Å². The molecule has 5 nitrogen and oxygen atoms in total. The molecule has 0 radical (unpaired) electrons. The molecule has 1 aliphatic rings. The minimum Gasteiger partial charge on any atom is -0.481 e. The topological polar surface area (TPSA) is 69.6 Å². The number of hydrogen-bond donors (Lipinski definition) is 2. The third-order valence-electron chi connectivity index (χ3n) is 4.07. The second kappa shape index (κ2) is 5.53. The predicted molar refractivity (Wildman–Crippen MR) is 76.7 cm³/mol. The molecule has 1 fully saturated rings. The largest absolute Gasteiger partial charge is 0.481 e. The van der Waals surface area contributed by atoms with Gasteiger partial charge >= 0.3 is 12.0 Å². The van der Waals surface area contributed by atoms with Crippen LogP contribution in [0.5, 0.6) is 0 Å². The minimum absolute atomic E-state index is 0.231. The highest BCUT2D eigenvalue weighted by atomic mass is 16.4. The van der Waals surface area contributed by atoms with Gasteiger partial charge in [-0.15, -0.1) is 0 Å². The molecular formula is C15H20N2O3. The van der Waals surface area contributed by atoms with E-state index in [2.05, 4.69) is 5.32 Å². The van der Waals surface area contributed by atoms with Gasteiger partial charge in [0, 0.05) is 18.8 Å². The maximum Gasteiger partial charge on any atom is 0.321 e. The molecule has 1 saturated heterocycles. The van der Waals surface area contributed by atoms with E-state index in [0.717, 1.165) is 11.3 Å². The highest BCUT2D eigenvalue weighted by molar-refractivity contribution is 5.90. The van der Waals surface area contributed by atoms with Crippen LogP contribution in [-0.2, 0) is 4.79 Å². The van der Waals surface area contributed by atoms with Crippen LogP contribution in [0.1, 0.15) is 25.3 Å². The molecular weight excluding hydrogens is 256 g/mol. The quantitative estimate of drug-likeness (QED) is 0.891. The van der Waals surface area contributed by atoms with Crippen LogP contribution in [0, 0.1) is 12.3 Å². The van der Waals surface area contributed by atoms with Crippen LogP contribution in [0.15, 0.2) is 24.3 Å². The molecule has 20 heavy (non-hydrogen) atoms. The van der Waals surface area contributed by atoms with Crippen LogP contribution in [0.25, 0.3) is 0 Å². The number of urea groups is 1. The molecule has 2 rings (SSSR count). The number of nitrogens with one attached hydrogen (secondary N) is 1. The van der Waals surface area contributed by atoms with Gasteiger partial charge in [0.1, 0.15) is 0 Å². The lowest BCUT2D eigenvalue weighted by molar-refractivity contribution is -0.148. The monoisotopic (exact) mass is 276 g/mol. The molecule has 2 amide bonds. The van der Waals surface area contributed by atoms with E-state index in [9.17, 15) is 14.7 Å². The van der Waals surface area contributed by atoms with Gasteiger partial charge in [0.15, 0.2) is 0 Å². The number of likely N-dealkylation sites (tertiary alicyclic amines) is 1. The van der Waals surface area contributed by atoms with E-state index in [4.69, 9.17) is 0 Å². The second-order valence-electron chi connectivity index (χ2n) is 5.41. The Balaban J connectivity index is 2.01. The summed E-state index contributed by atoms with van der Waals surface area (Å²) < 4.78 is 0. The number of rotatable bonds is 3. The zero-order chi connectivity index (χ0) is 14.8. The van der Waals surface area contributed by atoms with E-state index in [-0.39, 0.29) is 12.6 Å². The SMILES string of the molecule is CCC1(C(=O)O)CCN(C(=O)Nc2ccc(C)cc2)C1. The Bertz CT molecular complexity index is 512. The van der Waals surface area contributed by atoms with E-state index in [0.29, 0.717) is 19.4 Å². The minimum atomic E-state index is -0.814. The second-order valence-corrected chi connectivity index (χ2v) is 5.41. The summed E-state index contributed by atoms with van der Waals surface area (Å²) in [6, 6.07) is 7.30. The molecule has 0 bridgehead atoms. The van der Waals surface area contributed by atoms with Crippen molar-refractivity contribution in [3.63, 3.8) is 0 Å². The number of benzene rings is 1. The maximum atomic E-state index is 12.1. The molecule has 1 aromatic rings. The molecule has 0 spiro atoms. The van der Waals surface area contributed by atoms with Crippen LogP contribution >= 0.6 is 0 Å². The summed E-state index contributed by atoms with van der Waals surface area (Å²) >= 11 is 0. The van der Waals surface area contributed by atoms with E-state index in [1.54, 1.807) is 4.90 Å². The number of hydrogen-bond acceptors (Lipinski definition) is 2. The Morgan fingerprint density at radius 3 is 2.50 bits per heavy atom. The van der Waals surface area contributed by atoms with Crippen LogP contribution in [0.3, 0.4) is 0 Å². The first-order valence-corrected chi connectivity index (χ1v) is 6.83. The Hall–Kier alpha value is -2.04. The highest BCUT2D eigenvalue weighted by Crippen LogP contribution is 2.34. The van der Waals surface area contributed by atoms with Gasteiger partial charge in [0.25, 0.3) is 0 Å². The number of carboxylic acids is 1. The Kier molecular flexibility index (Phi) is 3.97. The van der Waals surface area contributed by atoms with Crippen molar-refractivity contribution in [3.8, 4) is 0 Å². The number of nitrogens with zero attached hydrogens (tertiary/aromatic N) is 1. The fourth-order valence-electron chi connectivity index (χ4n) is 2.50. The number of aliphatic carboxylic acids is 1. The van der Waals surface area contributed by atoms with Crippen molar-refractivity contribution >= 4 is 17.7 Å². The number of aryl methyl sites for hydroxylation is 1. The first-order chi connectivity index (χ1) is 9.47. The highest BCUT2D eigenvalue weighted by Gasteiger charge is 2.44. The van der Waals surface area contributed by atoms with Gasteiger partial charge < -0.3 is 15.3 Å². The van der Waals surface area contributed by atoms with E-state index >= 15 is 0 Å². The molecule has 5 heteroatoms. The summed E-state index contributed by atoms with van der Waals surface area (Å²) in [7, 11) is 0. The number of carbonyl (C=O) groups excluding carboxylic acids is 1. The summed E-state index contributed by atoms with van der Waals surface area (Å²) in [6.45, 7) is 4.60. The fourth-order valence-corrected chi connectivity index (χ4v) is 2.50. The molecule has 0 aliphatic carbocycles. The standard InChI is InChI=1S/C15H20N2O3/c1-3-15(13(18)19)8-9-17(10-15)14(20)16-12-6-4-11(2)5-7-12/h4-7H,3,8-10H2,1-2H3,(H,16,20)(H,18,19). The van der Waals surface area contributed by atoms with Crippen molar-refractivity contribution in [2.45, 2.75) is 26.7 Å². The van der Waals surface area contributed by atoms with Crippen molar-refractivity contribution in [2.24, 2.45) is 5.41 Å². The number of carbonyl (C=O) groups is 2. The number of carboxylic acid groups (broad SMARTS) is 1. The summed E-state index contributed by atoms with van der Waals surface area (Å²) in [4.78, 5) is 25.1. The van der Waals surface area contributed by atoms with E-state index in [1.165, 1.54) is 0 Å². The van der Waals surface area contributed by atoms with Crippen LogP contribution < -0.4 is 5.32 Å². The smallest absolute Gasteiger partial charge is 0.321 e. The fraction of sp³-hybridized carbons (Fsp3) is 0.467. The zero-order valence-electron chi connectivity index (χ0n) is 11.8. The number of anilines is 1. The van der Waals surface area contributed by atoms with Crippen LogP contribution in [-0.4, -0.2) is 35.1 Å². The molecule has 0 saturated carbocycles. The average Bonchev–Trinajstić information content (AvgIpc) is 2.87. The van der Waals surface area contributed by atoms with Gasteiger partial charge in [-0.3, -0.25) is 4.79 Å².